The predicted octanol–water partition coefficient (Wildman–Crippen LogP) is 2.43. The molecule has 0 saturated carbocycles. The molecule has 0 heterocycles. The number of hydrogen-bond acceptors (Lipinski definition) is 4. The maximum Gasteiger partial charge on any atom is 0.327 e. The number of methoxy groups -OCH3 is 2. The Bertz CT molecular complexity index is 449. The van der Waals surface area contributed by atoms with Gasteiger partial charge in [-0.2, -0.15) is 0 Å². The molecule has 4 heteroatoms. The van der Waals surface area contributed by atoms with E-state index in [1.54, 1.807) is 14.2 Å². The highest BCUT2D eigenvalue weighted by molar-refractivity contribution is 5.78. The Labute approximate surface area is 115 Å². The normalized spacial score (nSPS) is 12.9. The van der Waals surface area contributed by atoms with Crippen LogP contribution in [0.2, 0.25) is 0 Å². The molecule has 1 N–H and O–H groups in total. The maximum absolute atomic E-state index is 11.8. The van der Waals surface area contributed by atoms with Crippen molar-refractivity contribution in [1.29, 1.82) is 0 Å². The number of benzene rings is 1. The topological polar surface area (TPSA) is 47.6 Å². The van der Waals surface area contributed by atoms with Crippen molar-refractivity contribution in [2.75, 3.05) is 21.3 Å². The van der Waals surface area contributed by atoms with Crippen LogP contribution in [-0.4, -0.2) is 27.2 Å². The van der Waals surface area contributed by atoms with Gasteiger partial charge >= 0.3 is 5.97 Å². The Kier molecular flexibility index (Phi) is 4.95. The second-order valence-corrected chi connectivity index (χ2v) is 5.45. The van der Waals surface area contributed by atoms with Crippen LogP contribution in [0.5, 0.6) is 5.75 Å². The standard InChI is InChI=1S/C15H23NO3/c1-15(2,3)10-7-8-12(18-5)11(9-10)13(16-4)14(17)19-6/h7-9,13,16H,1-6H3. The molecule has 4 nitrogen and oxygen atoms in total. The number of carbonyl (C=O) groups is 1. The first-order valence-corrected chi connectivity index (χ1v) is 6.28. The van der Waals surface area contributed by atoms with Crippen LogP contribution in [0.3, 0.4) is 0 Å². The molecule has 0 spiro atoms. The zero-order chi connectivity index (χ0) is 14.6. The van der Waals surface area contributed by atoms with Crippen LogP contribution in [0.1, 0.15) is 37.9 Å². The molecular formula is C15H23NO3. The van der Waals surface area contributed by atoms with E-state index in [1.165, 1.54) is 7.11 Å². The van der Waals surface area contributed by atoms with Gasteiger partial charge in [0, 0.05) is 5.56 Å². The van der Waals surface area contributed by atoms with Gasteiger partial charge in [0.2, 0.25) is 0 Å². The lowest BCUT2D eigenvalue weighted by Gasteiger charge is -2.23. The SMILES string of the molecule is CNC(C(=O)OC)c1cc(C(C)(C)C)ccc1OC. The predicted molar refractivity (Wildman–Crippen MR) is 75.5 cm³/mol. The molecule has 0 radical (unpaired) electrons. The first-order valence-electron chi connectivity index (χ1n) is 6.28. The highest BCUT2D eigenvalue weighted by Gasteiger charge is 2.25. The van der Waals surface area contributed by atoms with Gasteiger partial charge in [0.1, 0.15) is 11.8 Å². The summed E-state index contributed by atoms with van der Waals surface area (Å²) in [6, 6.07) is 5.38. The molecule has 0 aliphatic carbocycles. The van der Waals surface area contributed by atoms with E-state index < -0.39 is 6.04 Å². The fourth-order valence-electron chi connectivity index (χ4n) is 1.94. The van der Waals surface area contributed by atoms with Gasteiger partial charge in [-0.1, -0.05) is 26.8 Å². The first-order chi connectivity index (χ1) is 8.85. The van der Waals surface area contributed by atoms with E-state index in [9.17, 15) is 4.79 Å². The second-order valence-electron chi connectivity index (χ2n) is 5.45. The van der Waals surface area contributed by atoms with E-state index in [1.807, 2.05) is 18.2 Å². The van der Waals surface area contributed by atoms with Gasteiger partial charge in [-0.3, -0.25) is 0 Å². The number of ether oxygens (including phenoxy) is 2. The summed E-state index contributed by atoms with van der Waals surface area (Å²) in [5.74, 6) is 0.351. The Morgan fingerprint density at radius 1 is 1.26 bits per heavy atom. The Balaban J connectivity index is 3.33. The van der Waals surface area contributed by atoms with E-state index in [4.69, 9.17) is 9.47 Å². The van der Waals surface area contributed by atoms with Crippen molar-refractivity contribution in [1.82, 2.24) is 5.32 Å². The lowest BCUT2D eigenvalue weighted by Crippen LogP contribution is -2.27. The van der Waals surface area contributed by atoms with Gasteiger partial charge in [-0.25, -0.2) is 4.79 Å². The van der Waals surface area contributed by atoms with Crippen molar-refractivity contribution in [2.24, 2.45) is 0 Å². The highest BCUT2D eigenvalue weighted by atomic mass is 16.5. The van der Waals surface area contributed by atoms with Crippen LogP contribution in [-0.2, 0) is 14.9 Å². The molecule has 1 aromatic rings. The molecule has 0 aromatic heterocycles. The summed E-state index contributed by atoms with van der Waals surface area (Å²) in [6.07, 6.45) is 0. The molecule has 1 atom stereocenters. The summed E-state index contributed by atoms with van der Waals surface area (Å²) in [5, 5.41) is 2.97. The lowest BCUT2D eigenvalue weighted by atomic mass is 9.85. The van der Waals surface area contributed by atoms with Crippen molar-refractivity contribution in [3.8, 4) is 5.75 Å². The third-order valence-corrected chi connectivity index (χ3v) is 3.13. The number of likely N-dealkylation sites (N-methyl/N-ethyl adjacent to an activating group) is 1. The zero-order valence-electron chi connectivity index (χ0n) is 12.5. The molecule has 19 heavy (non-hydrogen) atoms. The van der Waals surface area contributed by atoms with Gasteiger partial charge in [-0.15, -0.1) is 0 Å². The van der Waals surface area contributed by atoms with E-state index >= 15 is 0 Å². The van der Waals surface area contributed by atoms with Crippen LogP contribution in [0.25, 0.3) is 0 Å². The zero-order valence-corrected chi connectivity index (χ0v) is 12.5. The third kappa shape index (κ3) is 3.47. The Hall–Kier alpha value is -1.55. The summed E-state index contributed by atoms with van der Waals surface area (Å²) in [6.45, 7) is 6.39. The molecule has 1 unspecified atom stereocenters. The van der Waals surface area contributed by atoms with E-state index in [0.717, 1.165) is 11.1 Å². The molecule has 1 rings (SSSR count). The minimum Gasteiger partial charge on any atom is -0.496 e. The molecule has 106 valence electrons. The fraction of sp³-hybridized carbons (Fsp3) is 0.533. The van der Waals surface area contributed by atoms with Crippen molar-refractivity contribution in [3.05, 3.63) is 29.3 Å². The Morgan fingerprint density at radius 2 is 1.89 bits per heavy atom. The quantitative estimate of drug-likeness (QED) is 0.849. The maximum atomic E-state index is 11.8. The molecule has 0 bridgehead atoms. The van der Waals surface area contributed by atoms with Crippen LogP contribution < -0.4 is 10.1 Å². The highest BCUT2D eigenvalue weighted by Crippen LogP contribution is 2.31. The number of carbonyl (C=O) groups excluding carboxylic acids is 1. The number of rotatable bonds is 4. The van der Waals surface area contributed by atoms with Gasteiger partial charge < -0.3 is 14.8 Å². The number of nitrogens with one attached hydrogen (secondary N) is 1. The van der Waals surface area contributed by atoms with Crippen molar-refractivity contribution in [2.45, 2.75) is 32.2 Å². The van der Waals surface area contributed by atoms with Crippen molar-refractivity contribution < 1.29 is 14.3 Å². The van der Waals surface area contributed by atoms with Crippen LogP contribution in [0.15, 0.2) is 18.2 Å². The third-order valence-electron chi connectivity index (χ3n) is 3.13. The number of esters is 1. The monoisotopic (exact) mass is 265 g/mol. The van der Waals surface area contributed by atoms with Crippen molar-refractivity contribution in [3.63, 3.8) is 0 Å². The summed E-state index contributed by atoms with van der Waals surface area (Å²) >= 11 is 0. The van der Waals surface area contributed by atoms with Gasteiger partial charge in [0.25, 0.3) is 0 Å². The average molecular weight is 265 g/mol. The summed E-state index contributed by atoms with van der Waals surface area (Å²) in [5.41, 5.74) is 1.95. The summed E-state index contributed by atoms with van der Waals surface area (Å²) in [4.78, 5) is 11.8. The Morgan fingerprint density at radius 3 is 2.32 bits per heavy atom. The summed E-state index contributed by atoms with van der Waals surface area (Å²) in [7, 11) is 4.71. The average Bonchev–Trinajstić information content (AvgIpc) is 2.38. The van der Waals surface area contributed by atoms with Gasteiger partial charge in [0.05, 0.1) is 14.2 Å². The molecule has 0 saturated heterocycles. The van der Waals surface area contributed by atoms with Gasteiger partial charge in [-0.05, 0) is 30.2 Å². The molecule has 0 aliphatic heterocycles. The fourth-order valence-corrected chi connectivity index (χ4v) is 1.94. The molecular weight excluding hydrogens is 242 g/mol. The molecule has 1 aromatic carbocycles. The smallest absolute Gasteiger partial charge is 0.327 e. The lowest BCUT2D eigenvalue weighted by molar-refractivity contribution is -0.143. The van der Waals surface area contributed by atoms with E-state index in [-0.39, 0.29) is 11.4 Å². The van der Waals surface area contributed by atoms with Crippen LogP contribution in [0.4, 0.5) is 0 Å². The molecule has 0 aliphatic rings. The molecule has 0 fully saturated rings. The van der Waals surface area contributed by atoms with Crippen molar-refractivity contribution >= 4 is 5.97 Å². The van der Waals surface area contributed by atoms with Gasteiger partial charge in [0.15, 0.2) is 0 Å². The van der Waals surface area contributed by atoms with Crippen LogP contribution >= 0.6 is 0 Å². The number of hydrogen-bond donors (Lipinski definition) is 1. The first kappa shape index (κ1) is 15.5. The second kappa shape index (κ2) is 6.06. The minimum absolute atomic E-state index is 0.00936. The van der Waals surface area contributed by atoms with Crippen LogP contribution in [0, 0.1) is 0 Å². The summed E-state index contributed by atoms with van der Waals surface area (Å²) < 4.78 is 10.2. The minimum atomic E-state index is -0.526. The largest absolute Gasteiger partial charge is 0.496 e. The van der Waals surface area contributed by atoms with E-state index in [0.29, 0.717) is 5.75 Å². The van der Waals surface area contributed by atoms with E-state index in [2.05, 4.69) is 26.1 Å². The molecule has 0 amide bonds.